The standard InChI is InChI=1S/C66H46N2/c1-65-58-29-14-15-30-59(58)66(50-23-7-3-8-24-50,51-25-9-4-10-26-51)63(65)39-36-55-57-43-49(34-38-62(57)68(64(55)65)52-27-17-22-47(40-52)44-18-5-2-6-19-44)48-33-37-61-56(42-48)54-28-13-16-31-60(54)67(61)53-35-32-45-20-11-12-21-46(45)41-53/h2-43,63H,1H3. The Hall–Kier alpha value is -8.46. The third kappa shape index (κ3) is 5.40. The molecule has 14 rings (SSSR count). The number of nitrogens with zero attached hydrogens (tertiary/aromatic N) is 2. The quantitative estimate of drug-likeness (QED) is 0.158. The van der Waals surface area contributed by atoms with Crippen LogP contribution < -0.4 is 0 Å². The molecule has 2 aliphatic carbocycles. The molecule has 0 bridgehead atoms. The summed E-state index contributed by atoms with van der Waals surface area (Å²) in [5.41, 5.74) is 17.9. The van der Waals surface area contributed by atoms with Crippen LogP contribution >= 0.6 is 0 Å². The second-order valence-electron chi connectivity index (χ2n) is 19.0. The minimum Gasteiger partial charge on any atom is -0.312 e. The Kier molecular flexibility index (Phi) is 8.42. The molecular formula is C66H46N2. The van der Waals surface area contributed by atoms with Gasteiger partial charge in [-0.1, -0.05) is 200 Å². The number of fused-ring (bicyclic) bond motifs is 11. The van der Waals surface area contributed by atoms with Crippen LogP contribution in [0.3, 0.4) is 0 Å². The fraction of sp³-hybridized carbons (Fsp3) is 0.0606. The van der Waals surface area contributed by atoms with Gasteiger partial charge in [-0.25, -0.2) is 0 Å². The van der Waals surface area contributed by atoms with Crippen molar-refractivity contribution in [2.45, 2.75) is 17.8 Å². The number of aromatic nitrogens is 2. The second-order valence-corrected chi connectivity index (χ2v) is 19.0. The van der Waals surface area contributed by atoms with Crippen LogP contribution in [0.25, 0.3) is 83.2 Å². The molecule has 2 aliphatic rings. The summed E-state index contributed by atoms with van der Waals surface area (Å²) < 4.78 is 5.04. The Labute approximate surface area is 396 Å². The lowest BCUT2D eigenvalue weighted by Crippen LogP contribution is -2.43. The molecule has 0 amide bonds. The molecule has 0 spiro atoms. The summed E-state index contributed by atoms with van der Waals surface area (Å²) in [4.78, 5) is 0. The molecule has 10 aromatic carbocycles. The molecule has 12 aromatic rings. The summed E-state index contributed by atoms with van der Waals surface area (Å²) in [6.45, 7) is 2.53. The van der Waals surface area contributed by atoms with Gasteiger partial charge in [0, 0.05) is 50.1 Å². The number of para-hydroxylation sites is 1. The van der Waals surface area contributed by atoms with Gasteiger partial charge in [0.1, 0.15) is 0 Å². The monoisotopic (exact) mass is 866 g/mol. The topological polar surface area (TPSA) is 9.86 Å². The Balaban J connectivity index is 1.01. The van der Waals surface area contributed by atoms with Gasteiger partial charge in [0.15, 0.2) is 0 Å². The molecule has 2 nitrogen and oxygen atoms in total. The highest BCUT2D eigenvalue weighted by molar-refractivity contribution is 6.11. The van der Waals surface area contributed by atoms with Gasteiger partial charge in [-0.15, -0.1) is 0 Å². The van der Waals surface area contributed by atoms with Gasteiger partial charge in [-0.05, 0) is 117 Å². The van der Waals surface area contributed by atoms with Crippen molar-refractivity contribution < 1.29 is 0 Å². The van der Waals surface area contributed by atoms with Crippen LogP contribution in [0.4, 0.5) is 0 Å². The number of rotatable bonds is 6. The van der Waals surface area contributed by atoms with Crippen molar-refractivity contribution in [2.24, 2.45) is 5.92 Å². The van der Waals surface area contributed by atoms with E-state index in [1.807, 2.05) is 0 Å². The van der Waals surface area contributed by atoms with Gasteiger partial charge in [0.05, 0.1) is 22.0 Å². The van der Waals surface area contributed by atoms with Crippen molar-refractivity contribution in [1.29, 1.82) is 0 Å². The van der Waals surface area contributed by atoms with Crippen LogP contribution in [-0.2, 0) is 10.8 Å². The van der Waals surface area contributed by atoms with E-state index in [2.05, 4.69) is 271 Å². The van der Waals surface area contributed by atoms with Crippen molar-refractivity contribution in [2.75, 3.05) is 0 Å². The van der Waals surface area contributed by atoms with E-state index in [0.29, 0.717) is 0 Å². The molecule has 0 N–H and O–H groups in total. The highest BCUT2D eigenvalue weighted by Gasteiger charge is 2.61. The van der Waals surface area contributed by atoms with E-state index in [1.54, 1.807) is 0 Å². The average Bonchev–Trinajstić information content (AvgIpc) is 4.01. The number of hydrogen-bond acceptors (Lipinski definition) is 0. The lowest BCUT2D eigenvalue weighted by molar-refractivity contribution is 0.348. The Bertz CT molecular complexity index is 3940. The van der Waals surface area contributed by atoms with Gasteiger partial charge in [-0.3, -0.25) is 0 Å². The molecule has 68 heavy (non-hydrogen) atoms. The van der Waals surface area contributed by atoms with E-state index < -0.39 is 10.8 Å². The normalized spacial score (nSPS) is 16.9. The SMILES string of the molecule is CC12c3ccccc3C(c3ccccc3)(c3ccccc3)C1C=Cc1c2n(-c2cccc(-c3ccccc3)c2)c2ccc(-c3ccc4c(c3)c3ccccc3n4-c3ccc4ccccc4c3)cc12. The fourth-order valence-electron chi connectivity index (χ4n) is 12.7. The minimum absolute atomic E-state index is 0.0758. The van der Waals surface area contributed by atoms with Gasteiger partial charge in [-0.2, -0.15) is 0 Å². The molecule has 2 unspecified atom stereocenters. The van der Waals surface area contributed by atoms with Gasteiger partial charge in [0.2, 0.25) is 0 Å². The molecule has 2 atom stereocenters. The highest BCUT2D eigenvalue weighted by Crippen LogP contribution is 2.65. The van der Waals surface area contributed by atoms with E-state index in [9.17, 15) is 0 Å². The summed E-state index contributed by atoms with van der Waals surface area (Å²) in [6.07, 6.45) is 5.03. The first-order chi connectivity index (χ1) is 33.6. The first-order valence-corrected chi connectivity index (χ1v) is 23.9. The van der Waals surface area contributed by atoms with Crippen LogP contribution in [0.15, 0.2) is 249 Å². The Morgan fingerprint density at radius 2 is 0.926 bits per heavy atom. The Morgan fingerprint density at radius 1 is 0.368 bits per heavy atom. The van der Waals surface area contributed by atoms with E-state index in [0.717, 1.165) is 5.69 Å². The predicted molar refractivity (Wildman–Crippen MR) is 284 cm³/mol. The van der Waals surface area contributed by atoms with Crippen LogP contribution in [-0.4, -0.2) is 9.13 Å². The smallest absolute Gasteiger partial charge is 0.0541 e. The molecule has 0 saturated heterocycles. The maximum absolute atomic E-state index is 2.61. The lowest BCUT2D eigenvalue weighted by atomic mass is 9.58. The first-order valence-electron chi connectivity index (χ1n) is 23.9. The van der Waals surface area contributed by atoms with Gasteiger partial charge >= 0.3 is 0 Å². The zero-order chi connectivity index (χ0) is 45.0. The maximum atomic E-state index is 2.61. The summed E-state index contributed by atoms with van der Waals surface area (Å²) in [7, 11) is 0. The minimum atomic E-state index is -0.429. The Morgan fingerprint density at radius 3 is 1.68 bits per heavy atom. The van der Waals surface area contributed by atoms with Crippen molar-refractivity contribution in [3.05, 3.63) is 282 Å². The predicted octanol–water partition coefficient (Wildman–Crippen LogP) is 16.5. The van der Waals surface area contributed by atoms with Crippen LogP contribution in [0.5, 0.6) is 0 Å². The zero-order valence-electron chi connectivity index (χ0n) is 37.7. The van der Waals surface area contributed by atoms with Crippen LogP contribution in [0.1, 0.15) is 40.4 Å². The second kappa shape index (κ2) is 14.8. The fourth-order valence-corrected chi connectivity index (χ4v) is 12.7. The molecule has 0 fully saturated rings. The van der Waals surface area contributed by atoms with E-state index in [-0.39, 0.29) is 5.92 Å². The van der Waals surface area contributed by atoms with Crippen LogP contribution in [0.2, 0.25) is 0 Å². The highest BCUT2D eigenvalue weighted by atomic mass is 15.0. The molecule has 0 aliphatic heterocycles. The van der Waals surface area contributed by atoms with E-state index in [1.165, 1.54) is 105 Å². The van der Waals surface area contributed by atoms with Crippen molar-refractivity contribution in [1.82, 2.24) is 9.13 Å². The largest absolute Gasteiger partial charge is 0.312 e. The molecular weight excluding hydrogens is 821 g/mol. The average molecular weight is 867 g/mol. The van der Waals surface area contributed by atoms with Crippen LogP contribution in [0, 0.1) is 5.92 Å². The summed E-state index contributed by atoms with van der Waals surface area (Å²) in [6, 6.07) is 90.3. The van der Waals surface area contributed by atoms with Crippen molar-refractivity contribution >= 4 is 49.6 Å². The van der Waals surface area contributed by atoms with E-state index in [4.69, 9.17) is 0 Å². The number of allylic oxidation sites excluding steroid dienone is 1. The van der Waals surface area contributed by atoms with Crippen molar-refractivity contribution in [3.63, 3.8) is 0 Å². The first kappa shape index (κ1) is 38.8. The number of benzene rings is 10. The third-order valence-electron chi connectivity index (χ3n) is 15.6. The molecule has 0 radical (unpaired) electrons. The molecule has 0 saturated carbocycles. The summed E-state index contributed by atoms with van der Waals surface area (Å²) >= 11 is 0. The third-order valence-corrected chi connectivity index (χ3v) is 15.6. The molecule has 2 heterocycles. The summed E-state index contributed by atoms with van der Waals surface area (Å²) in [5.74, 6) is 0.0758. The summed E-state index contributed by atoms with van der Waals surface area (Å²) in [5, 5.41) is 6.25. The van der Waals surface area contributed by atoms with Gasteiger partial charge in [0.25, 0.3) is 0 Å². The molecule has 320 valence electrons. The van der Waals surface area contributed by atoms with Gasteiger partial charge < -0.3 is 9.13 Å². The zero-order valence-corrected chi connectivity index (χ0v) is 37.7. The maximum Gasteiger partial charge on any atom is 0.0541 e. The van der Waals surface area contributed by atoms with Crippen molar-refractivity contribution in [3.8, 4) is 33.6 Å². The molecule has 2 heteroatoms. The molecule has 2 aromatic heterocycles. The van der Waals surface area contributed by atoms with E-state index >= 15 is 0 Å². The number of hydrogen-bond donors (Lipinski definition) is 0. The lowest BCUT2D eigenvalue weighted by Gasteiger charge is -2.44.